The van der Waals surface area contributed by atoms with E-state index in [1.54, 1.807) is 5.56 Å². The Bertz CT molecular complexity index is 388. The van der Waals surface area contributed by atoms with Crippen molar-refractivity contribution in [2.75, 3.05) is 25.4 Å². The number of hydrogen-bond acceptors (Lipinski definition) is 3. The van der Waals surface area contributed by atoms with Crippen LogP contribution < -0.4 is 5.32 Å². The lowest BCUT2D eigenvalue weighted by molar-refractivity contribution is 0.0292. The Kier molecular flexibility index (Phi) is 3.69. The van der Waals surface area contributed by atoms with Gasteiger partial charge in [-0.05, 0) is 42.2 Å². The number of ether oxygens (including phenoxy) is 1. The number of fused-ring (bicyclic) bond motifs is 1. The van der Waals surface area contributed by atoms with E-state index in [0.717, 1.165) is 26.1 Å². The molecule has 0 saturated carbocycles. The summed E-state index contributed by atoms with van der Waals surface area (Å²) in [6.07, 6.45) is 3.98. The number of benzene rings is 1. The second-order valence-corrected chi connectivity index (χ2v) is 5.93. The summed E-state index contributed by atoms with van der Waals surface area (Å²) >= 11 is 2.00. The molecule has 1 aromatic carbocycles. The standard InChI is InChI=1S/C14H19NOS/c1-2-12-8-11(3-4-14(12)17-7-1)9-13-10-15-5-6-16-13/h3-4,8,13,15H,1-2,5-7,9-10H2. The molecule has 92 valence electrons. The fourth-order valence-corrected chi connectivity index (χ4v) is 3.57. The van der Waals surface area contributed by atoms with Gasteiger partial charge in [-0.3, -0.25) is 0 Å². The smallest absolute Gasteiger partial charge is 0.0740 e. The van der Waals surface area contributed by atoms with Crippen molar-refractivity contribution in [3.05, 3.63) is 29.3 Å². The van der Waals surface area contributed by atoms with Crippen molar-refractivity contribution in [2.24, 2.45) is 0 Å². The molecule has 0 bridgehead atoms. The van der Waals surface area contributed by atoms with E-state index < -0.39 is 0 Å². The Hall–Kier alpha value is -0.510. The van der Waals surface area contributed by atoms with Crippen LogP contribution in [0.2, 0.25) is 0 Å². The summed E-state index contributed by atoms with van der Waals surface area (Å²) in [6, 6.07) is 6.96. The van der Waals surface area contributed by atoms with Gasteiger partial charge in [0.1, 0.15) is 0 Å². The van der Waals surface area contributed by atoms with Gasteiger partial charge in [-0.15, -0.1) is 11.8 Å². The van der Waals surface area contributed by atoms with E-state index in [4.69, 9.17) is 4.74 Å². The molecule has 2 aliphatic heterocycles. The Morgan fingerprint density at radius 1 is 1.41 bits per heavy atom. The zero-order valence-electron chi connectivity index (χ0n) is 10.1. The molecule has 2 heterocycles. The Balaban J connectivity index is 1.70. The third-order valence-electron chi connectivity index (χ3n) is 3.44. The Morgan fingerprint density at radius 3 is 3.29 bits per heavy atom. The monoisotopic (exact) mass is 249 g/mol. The highest BCUT2D eigenvalue weighted by Gasteiger charge is 2.15. The third-order valence-corrected chi connectivity index (χ3v) is 4.64. The maximum absolute atomic E-state index is 5.76. The molecule has 0 spiro atoms. The summed E-state index contributed by atoms with van der Waals surface area (Å²) in [7, 11) is 0. The lowest BCUT2D eigenvalue weighted by Crippen LogP contribution is -2.39. The molecule has 0 aromatic heterocycles. The number of thioether (sulfide) groups is 1. The fourth-order valence-electron chi connectivity index (χ4n) is 2.55. The number of hydrogen-bond donors (Lipinski definition) is 1. The predicted molar refractivity (Wildman–Crippen MR) is 71.8 cm³/mol. The van der Waals surface area contributed by atoms with E-state index in [9.17, 15) is 0 Å². The van der Waals surface area contributed by atoms with Gasteiger partial charge in [-0.25, -0.2) is 0 Å². The van der Waals surface area contributed by atoms with Gasteiger partial charge in [0.25, 0.3) is 0 Å². The third kappa shape index (κ3) is 2.84. The van der Waals surface area contributed by atoms with E-state index in [1.807, 2.05) is 11.8 Å². The first-order valence-electron chi connectivity index (χ1n) is 6.49. The average Bonchev–Trinajstić information content (AvgIpc) is 2.40. The molecular formula is C14H19NOS. The van der Waals surface area contributed by atoms with Crippen LogP contribution in [0.15, 0.2) is 23.1 Å². The number of nitrogens with one attached hydrogen (secondary N) is 1. The van der Waals surface area contributed by atoms with Crippen LogP contribution in [0.5, 0.6) is 0 Å². The van der Waals surface area contributed by atoms with Crippen molar-refractivity contribution >= 4 is 11.8 Å². The Morgan fingerprint density at radius 2 is 2.41 bits per heavy atom. The average molecular weight is 249 g/mol. The maximum Gasteiger partial charge on any atom is 0.0740 e. The van der Waals surface area contributed by atoms with Gasteiger partial charge in [0.15, 0.2) is 0 Å². The second kappa shape index (κ2) is 5.42. The summed E-state index contributed by atoms with van der Waals surface area (Å²) in [6.45, 7) is 2.84. The number of morpholine rings is 1. The van der Waals surface area contributed by atoms with Crippen LogP contribution in [0.4, 0.5) is 0 Å². The molecule has 1 atom stereocenters. The van der Waals surface area contributed by atoms with E-state index >= 15 is 0 Å². The van der Waals surface area contributed by atoms with Crippen molar-refractivity contribution in [2.45, 2.75) is 30.3 Å². The maximum atomic E-state index is 5.76. The molecule has 3 heteroatoms. The van der Waals surface area contributed by atoms with E-state index in [0.29, 0.717) is 6.10 Å². The first kappa shape index (κ1) is 11.6. The van der Waals surface area contributed by atoms with Crippen LogP contribution in [0.1, 0.15) is 17.5 Å². The topological polar surface area (TPSA) is 21.3 Å². The minimum Gasteiger partial charge on any atom is -0.375 e. The first-order valence-corrected chi connectivity index (χ1v) is 7.47. The van der Waals surface area contributed by atoms with Crippen LogP contribution >= 0.6 is 11.8 Å². The summed E-state index contributed by atoms with van der Waals surface area (Å²) in [5, 5.41) is 3.39. The lowest BCUT2D eigenvalue weighted by Gasteiger charge is -2.24. The molecule has 3 rings (SSSR count). The molecule has 17 heavy (non-hydrogen) atoms. The minimum atomic E-state index is 0.359. The van der Waals surface area contributed by atoms with Gasteiger partial charge in [0.2, 0.25) is 0 Å². The lowest BCUT2D eigenvalue weighted by atomic mass is 10.0. The molecule has 0 radical (unpaired) electrons. The van der Waals surface area contributed by atoms with Crippen LogP contribution in [0.25, 0.3) is 0 Å². The van der Waals surface area contributed by atoms with Gasteiger partial charge in [0.05, 0.1) is 12.7 Å². The van der Waals surface area contributed by atoms with Crippen molar-refractivity contribution in [1.29, 1.82) is 0 Å². The van der Waals surface area contributed by atoms with Gasteiger partial charge in [-0.1, -0.05) is 12.1 Å². The molecule has 2 aliphatic rings. The molecule has 1 saturated heterocycles. The first-order chi connectivity index (χ1) is 8.42. The van der Waals surface area contributed by atoms with Crippen LogP contribution in [-0.4, -0.2) is 31.6 Å². The second-order valence-electron chi connectivity index (χ2n) is 4.80. The highest BCUT2D eigenvalue weighted by Crippen LogP contribution is 2.30. The van der Waals surface area contributed by atoms with E-state index in [-0.39, 0.29) is 0 Å². The van der Waals surface area contributed by atoms with Crippen molar-refractivity contribution in [3.63, 3.8) is 0 Å². The molecule has 0 aliphatic carbocycles. The van der Waals surface area contributed by atoms with Crippen molar-refractivity contribution < 1.29 is 4.74 Å². The highest BCUT2D eigenvalue weighted by atomic mass is 32.2. The zero-order chi connectivity index (χ0) is 11.5. The zero-order valence-corrected chi connectivity index (χ0v) is 10.9. The van der Waals surface area contributed by atoms with Crippen LogP contribution in [0, 0.1) is 0 Å². The molecular weight excluding hydrogens is 230 g/mol. The molecule has 1 fully saturated rings. The largest absolute Gasteiger partial charge is 0.375 e. The van der Waals surface area contributed by atoms with Crippen LogP contribution in [-0.2, 0) is 17.6 Å². The molecule has 0 amide bonds. The number of rotatable bonds is 2. The molecule has 2 nitrogen and oxygen atoms in total. The van der Waals surface area contributed by atoms with Gasteiger partial charge < -0.3 is 10.1 Å². The summed E-state index contributed by atoms with van der Waals surface area (Å²) in [4.78, 5) is 1.49. The SMILES string of the molecule is c1cc2c(cc1CC1CNCCO1)CCCS2. The quantitative estimate of drug-likeness (QED) is 0.868. The summed E-state index contributed by atoms with van der Waals surface area (Å²) in [5.74, 6) is 1.28. The van der Waals surface area contributed by atoms with Gasteiger partial charge in [-0.2, -0.15) is 0 Å². The van der Waals surface area contributed by atoms with E-state index in [2.05, 4.69) is 23.5 Å². The van der Waals surface area contributed by atoms with Gasteiger partial charge >= 0.3 is 0 Å². The highest BCUT2D eigenvalue weighted by molar-refractivity contribution is 7.99. The molecule has 1 aromatic rings. The fraction of sp³-hybridized carbons (Fsp3) is 0.571. The predicted octanol–water partition coefficient (Wildman–Crippen LogP) is 2.26. The number of aryl methyl sites for hydroxylation is 1. The molecule has 1 N–H and O–H groups in total. The van der Waals surface area contributed by atoms with Crippen molar-refractivity contribution in [1.82, 2.24) is 5.32 Å². The minimum absolute atomic E-state index is 0.359. The molecule has 1 unspecified atom stereocenters. The Labute approximate surface area is 107 Å². The van der Waals surface area contributed by atoms with Gasteiger partial charge in [0, 0.05) is 18.0 Å². The van der Waals surface area contributed by atoms with Crippen molar-refractivity contribution in [3.8, 4) is 0 Å². The summed E-state index contributed by atoms with van der Waals surface area (Å²) in [5.41, 5.74) is 2.97. The van der Waals surface area contributed by atoms with E-state index in [1.165, 1.54) is 29.1 Å². The normalized spacial score (nSPS) is 24.4. The van der Waals surface area contributed by atoms with Crippen LogP contribution in [0.3, 0.4) is 0 Å². The summed E-state index contributed by atoms with van der Waals surface area (Å²) < 4.78 is 5.76.